The summed E-state index contributed by atoms with van der Waals surface area (Å²) in [4.78, 5) is 26.0. The fraction of sp³-hybridized carbons (Fsp3) is 0.0526. The molecule has 112 valence electrons. The molecular formula is C19H12BrNO2. The van der Waals surface area contributed by atoms with Crippen LogP contribution in [0, 0.1) is 0 Å². The number of amides is 1. The molecule has 0 bridgehead atoms. The number of anilines is 1. The van der Waals surface area contributed by atoms with Gasteiger partial charge in [-0.05, 0) is 40.6 Å². The van der Waals surface area contributed by atoms with Crippen LogP contribution in [0.1, 0.15) is 15.9 Å². The second kappa shape index (κ2) is 5.32. The fourth-order valence-electron chi connectivity index (χ4n) is 2.94. The fourth-order valence-corrected chi connectivity index (χ4v) is 3.29. The molecule has 0 aromatic heterocycles. The molecule has 0 N–H and O–H groups in total. The van der Waals surface area contributed by atoms with Gasteiger partial charge >= 0.3 is 0 Å². The summed E-state index contributed by atoms with van der Waals surface area (Å²) < 4.78 is 0.849. The SMILES string of the molecule is O=C1C(=O)N(Cc2ccc3ccccc3c2)c2cc(Br)ccc21. The molecule has 0 saturated carbocycles. The average molecular weight is 366 g/mol. The van der Waals surface area contributed by atoms with Gasteiger partial charge in [-0.25, -0.2) is 0 Å². The summed E-state index contributed by atoms with van der Waals surface area (Å²) in [5.41, 5.74) is 2.14. The highest BCUT2D eigenvalue weighted by atomic mass is 79.9. The van der Waals surface area contributed by atoms with Crippen molar-refractivity contribution in [2.45, 2.75) is 6.54 Å². The minimum absolute atomic E-state index is 0.388. The van der Waals surface area contributed by atoms with E-state index in [0.717, 1.165) is 20.8 Å². The van der Waals surface area contributed by atoms with Crippen LogP contribution in [0.15, 0.2) is 65.1 Å². The lowest BCUT2D eigenvalue weighted by molar-refractivity contribution is -0.114. The lowest BCUT2D eigenvalue weighted by atomic mass is 10.1. The maximum atomic E-state index is 12.3. The van der Waals surface area contributed by atoms with E-state index in [1.807, 2.05) is 36.4 Å². The Morgan fingerprint density at radius 2 is 1.65 bits per heavy atom. The molecule has 0 aliphatic carbocycles. The number of hydrogen-bond donors (Lipinski definition) is 0. The van der Waals surface area contributed by atoms with E-state index in [9.17, 15) is 9.59 Å². The van der Waals surface area contributed by atoms with Gasteiger partial charge in [0, 0.05) is 4.47 Å². The van der Waals surface area contributed by atoms with Crippen molar-refractivity contribution in [2.24, 2.45) is 0 Å². The van der Waals surface area contributed by atoms with Crippen molar-refractivity contribution in [1.82, 2.24) is 0 Å². The van der Waals surface area contributed by atoms with Gasteiger partial charge in [0.1, 0.15) is 0 Å². The van der Waals surface area contributed by atoms with E-state index in [1.165, 1.54) is 0 Å². The van der Waals surface area contributed by atoms with Gasteiger partial charge in [-0.3, -0.25) is 9.59 Å². The Morgan fingerprint density at radius 3 is 2.48 bits per heavy atom. The molecular weight excluding hydrogens is 354 g/mol. The quantitative estimate of drug-likeness (QED) is 0.633. The Morgan fingerprint density at radius 1 is 0.870 bits per heavy atom. The van der Waals surface area contributed by atoms with Crippen LogP contribution in [0.25, 0.3) is 10.8 Å². The van der Waals surface area contributed by atoms with E-state index < -0.39 is 11.7 Å². The van der Waals surface area contributed by atoms with E-state index in [-0.39, 0.29) is 0 Å². The number of rotatable bonds is 2. The Bertz CT molecular complexity index is 964. The van der Waals surface area contributed by atoms with E-state index in [1.54, 1.807) is 17.0 Å². The summed E-state index contributed by atoms with van der Waals surface area (Å²) in [6.07, 6.45) is 0. The topological polar surface area (TPSA) is 37.4 Å². The molecule has 3 nitrogen and oxygen atoms in total. The molecule has 4 rings (SSSR count). The molecule has 1 aliphatic rings. The normalized spacial score (nSPS) is 13.7. The van der Waals surface area contributed by atoms with E-state index >= 15 is 0 Å². The van der Waals surface area contributed by atoms with E-state index in [4.69, 9.17) is 0 Å². The first-order chi connectivity index (χ1) is 11.1. The minimum Gasteiger partial charge on any atom is -0.300 e. The first-order valence-corrected chi connectivity index (χ1v) is 8.06. The van der Waals surface area contributed by atoms with Crippen molar-refractivity contribution in [2.75, 3.05) is 4.90 Å². The highest BCUT2D eigenvalue weighted by Gasteiger charge is 2.35. The lowest BCUT2D eigenvalue weighted by Gasteiger charge is -2.17. The third kappa shape index (κ3) is 2.35. The summed E-state index contributed by atoms with van der Waals surface area (Å²) in [5.74, 6) is -0.903. The van der Waals surface area contributed by atoms with Crippen LogP contribution in [-0.2, 0) is 11.3 Å². The van der Waals surface area contributed by atoms with Gasteiger partial charge in [0.25, 0.3) is 11.7 Å². The Hall–Kier alpha value is -2.46. The standard InChI is InChI=1S/C19H12BrNO2/c20-15-7-8-16-17(10-15)21(19(23)18(16)22)11-12-5-6-13-3-1-2-4-14(13)9-12/h1-10H,11H2. The van der Waals surface area contributed by atoms with Crippen LogP contribution in [0.2, 0.25) is 0 Å². The molecule has 3 aromatic rings. The van der Waals surface area contributed by atoms with Crippen molar-refractivity contribution < 1.29 is 9.59 Å². The zero-order valence-electron chi connectivity index (χ0n) is 12.1. The third-order valence-corrected chi connectivity index (χ3v) is 4.58. The molecule has 1 aliphatic heterocycles. The number of hydrogen-bond acceptors (Lipinski definition) is 2. The van der Waals surface area contributed by atoms with Gasteiger partial charge in [-0.15, -0.1) is 0 Å². The Labute approximate surface area is 141 Å². The summed E-state index contributed by atoms with van der Waals surface area (Å²) >= 11 is 3.40. The largest absolute Gasteiger partial charge is 0.300 e. The number of carbonyl (C=O) groups is 2. The maximum Gasteiger partial charge on any atom is 0.299 e. The monoisotopic (exact) mass is 365 g/mol. The molecule has 0 radical (unpaired) electrons. The highest BCUT2D eigenvalue weighted by molar-refractivity contribution is 9.10. The summed E-state index contributed by atoms with van der Waals surface area (Å²) in [7, 11) is 0. The second-order valence-corrected chi connectivity index (χ2v) is 6.48. The van der Waals surface area contributed by atoms with Crippen LogP contribution >= 0.6 is 15.9 Å². The second-order valence-electron chi connectivity index (χ2n) is 5.56. The maximum absolute atomic E-state index is 12.3. The van der Waals surface area contributed by atoms with Gasteiger partial charge in [-0.2, -0.15) is 0 Å². The number of fused-ring (bicyclic) bond motifs is 2. The Balaban J connectivity index is 1.74. The highest BCUT2D eigenvalue weighted by Crippen LogP contribution is 2.33. The van der Waals surface area contributed by atoms with E-state index in [2.05, 4.69) is 28.1 Å². The number of ketones is 1. The summed E-state index contributed by atoms with van der Waals surface area (Å²) in [6.45, 7) is 0.388. The predicted molar refractivity (Wildman–Crippen MR) is 93.6 cm³/mol. The van der Waals surface area contributed by atoms with Crippen LogP contribution in [0.4, 0.5) is 5.69 Å². The lowest BCUT2D eigenvalue weighted by Crippen LogP contribution is -2.29. The number of carbonyl (C=O) groups excluding carboxylic acids is 2. The van der Waals surface area contributed by atoms with Gasteiger partial charge in [-0.1, -0.05) is 52.3 Å². The van der Waals surface area contributed by atoms with E-state index in [0.29, 0.717) is 17.8 Å². The number of nitrogens with zero attached hydrogens (tertiary/aromatic N) is 1. The predicted octanol–water partition coefficient (Wildman–Crippen LogP) is 4.33. The number of benzene rings is 3. The van der Waals surface area contributed by atoms with Crippen molar-refractivity contribution >= 4 is 44.1 Å². The first kappa shape index (κ1) is 14.2. The molecule has 4 heteroatoms. The molecule has 1 heterocycles. The zero-order chi connectivity index (χ0) is 16.0. The first-order valence-electron chi connectivity index (χ1n) is 7.27. The zero-order valence-corrected chi connectivity index (χ0v) is 13.7. The molecule has 23 heavy (non-hydrogen) atoms. The van der Waals surface area contributed by atoms with Crippen molar-refractivity contribution in [3.05, 3.63) is 76.3 Å². The summed E-state index contributed by atoms with van der Waals surface area (Å²) in [6, 6.07) is 19.5. The molecule has 0 unspecified atom stereocenters. The molecule has 0 atom stereocenters. The van der Waals surface area contributed by atoms with Crippen molar-refractivity contribution in [3.8, 4) is 0 Å². The average Bonchev–Trinajstić information content (AvgIpc) is 2.79. The van der Waals surface area contributed by atoms with Gasteiger partial charge in [0.05, 0.1) is 17.8 Å². The number of halogens is 1. The van der Waals surface area contributed by atoms with Crippen LogP contribution in [0.3, 0.4) is 0 Å². The molecule has 0 saturated heterocycles. The van der Waals surface area contributed by atoms with Crippen molar-refractivity contribution in [1.29, 1.82) is 0 Å². The summed E-state index contributed by atoms with van der Waals surface area (Å²) in [5, 5.41) is 2.28. The minimum atomic E-state index is -0.466. The Kier molecular flexibility index (Phi) is 3.27. The van der Waals surface area contributed by atoms with Crippen LogP contribution in [0.5, 0.6) is 0 Å². The molecule has 1 amide bonds. The third-order valence-electron chi connectivity index (χ3n) is 4.09. The van der Waals surface area contributed by atoms with Gasteiger partial charge in [0.2, 0.25) is 0 Å². The van der Waals surface area contributed by atoms with Crippen molar-refractivity contribution in [3.63, 3.8) is 0 Å². The van der Waals surface area contributed by atoms with Gasteiger partial charge in [0.15, 0.2) is 0 Å². The molecule has 0 spiro atoms. The van der Waals surface area contributed by atoms with Crippen LogP contribution < -0.4 is 4.90 Å². The molecule has 0 fully saturated rings. The van der Waals surface area contributed by atoms with Crippen LogP contribution in [-0.4, -0.2) is 11.7 Å². The molecule has 3 aromatic carbocycles. The number of Topliss-reactive ketones (excluding diaryl/α,β-unsaturated/α-hetero) is 1. The van der Waals surface area contributed by atoms with Gasteiger partial charge < -0.3 is 4.90 Å². The smallest absolute Gasteiger partial charge is 0.299 e.